The van der Waals surface area contributed by atoms with Gasteiger partial charge in [0.15, 0.2) is 0 Å². The summed E-state index contributed by atoms with van der Waals surface area (Å²) in [4.78, 5) is 0.903. The predicted molar refractivity (Wildman–Crippen MR) is 81.9 cm³/mol. The Morgan fingerprint density at radius 1 is 1.15 bits per heavy atom. The fraction of sp³-hybridized carbons (Fsp3) is 0.231. The van der Waals surface area contributed by atoms with Crippen LogP contribution in [0.2, 0.25) is 0 Å². The van der Waals surface area contributed by atoms with Gasteiger partial charge in [0, 0.05) is 9.35 Å². The van der Waals surface area contributed by atoms with Crippen molar-refractivity contribution in [2.45, 2.75) is 19.1 Å². The van der Waals surface area contributed by atoms with Crippen LogP contribution >= 0.6 is 43.2 Å². The van der Waals surface area contributed by atoms with Gasteiger partial charge in [0.2, 0.25) is 0 Å². The quantitative estimate of drug-likeness (QED) is 0.657. The molecule has 2 N–H and O–H groups in total. The van der Waals surface area contributed by atoms with Crippen LogP contribution in [0.3, 0.4) is 0 Å². The highest BCUT2D eigenvalue weighted by molar-refractivity contribution is 9.11. The van der Waals surface area contributed by atoms with Gasteiger partial charge in [-0.25, -0.2) is 0 Å². The van der Waals surface area contributed by atoms with Gasteiger partial charge in [-0.1, -0.05) is 22.0 Å². The van der Waals surface area contributed by atoms with E-state index in [1.165, 1.54) is 17.4 Å². The van der Waals surface area contributed by atoms with E-state index in [9.17, 15) is 13.2 Å². The fourth-order valence-electron chi connectivity index (χ4n) is 1.98. The highest BCUT2D eigenvalue weighted by Crippen LogP contribution is 2.39. The molecular formula is C13H10Br2F3NS. The van der Waals surface area contributed by atoms with E-state index in [1.54, 1.807) is 12.1 Å². The van der Waals surface area contributed by atoms with Crippen molar-refractivity contribution < 1.29 is 13.2 Å². The summed E-state index contributed by atoms with van der Waals surface area (Å²) in [6.45, 7) is 1.84. The summed E-state index contributed by atoms with van der Waals surface area (Å²) < 4.78 is 40.6. The second kappa shape index (κ2) is 5.79. The van der Waals surface area contributed by atoms with E-state index in [-0.39, 0.29) is 5.56 Å². The third-order valence-corrected chi connectivity index (χ3v) is 4.98. The van der Waals surface area contributed by atoms with Crippen LogP contribution in [0.15, 0.2) is 32.5 Å². The summed E-state index contributed by atoms with van der Waals surface area (Å²) in [6.07, 6.45) is -4.43. The van der Waals surface area contributed by atoms with Gasteiger partial charge in [-0.15, -0.1) is 11.3 Å². The largest absolute Gasteiger partial charge is 0.416 e. The van der Waals surface area contributed by atoms with Gasteiger partial charge in [-0.05, 0) is 52.2 Å². The van der Waals surface area contributed by atoms with E-state index in [4.69, 9.17) is 5.73 Å². The Morgan fingerprint density at radius 3 is 2.30 bits per heavy atom. The maximum Gasteiger partial charge on any atom is 0.416 e. The summed E-state index contributed by atoms with van der Waals surface area (Å²) in [5.74, 6) is 0. The van der Waals surface area contributed by atoms with Crippen LogP contribution in [0.4, 0.5) is 13.2 Å². The minimum atomic E-state index is -4.43. The summed E-state index contributed by atoms with van der Waals surface area (Å²) in [5, 5.41) is 0. The molecule has 1 atom stereocenters. The van der Waals surface area contributed by atoms with Crippen LogP contribution in [-0.4, -0.2) is 0 Å². The first-order valence-electron chi connectivity index (χ1n) is 5.58. The number of hydrogen-bond donors (Lipinski definition) is 1. The van der Waals surface area contributed by atoms with E-state index in [0.717, 1.165) is 14.7 Å². The molecule has 0 aliphatic rings. The third-order valence-electron chi connectivity index (χ3n) is 2.92. The maximum absolute atomic E-state index is 13.1. The smallest absolute Gasteiger partial charge is 0.320 e. The minimum Gasteiger partial charge on any atom is -0.320 e. The molecule has 0 bridgehead atoms. The number of benzene rings is 1. The Balaban J connectivity index is 2.55. The highest BCUT2D eigenvalue weighted by atomic mass is 79.9. The van der Waals surface area contributed by atoms with Crippen molar-refractivity contribution in [1.82, 2.24) is 0 Å². The molecule has 0 aliphatic heterocycles. The first-order valence-corrected chi connectivity index (χ1v) is 7.98. The summed E-state index contributed by atoms with van der Waals surface area (Å²) in [7, 11) is 0. The van der Waals surface area contributed by atoms with E-state index >= 15 is 0 Å². The lowest BCUT2D eigenvalue weighted by Gasteiger charge is -2.19. The van der Waals surface area contributed by atoms with Gasteiger partial charge < -0.3 is 5.73 Å². The van der Waals surface area contributed by atoms with E-state index in [0.29, 0.717) is 10.0 Å². The van der Waals surface area contributed by atoms with Crippen LogP contribution in [-0.2, 0) is 6.18 Å². The number of thiophene rings is 1. The number of rotatable bonds is 2. The molecule has 0 spiro atoms. The fourth-order valence-corrected chi connectivity index (χ4v) is 4.10. The van der Waals surface area contributed by atoms with Gasteiger partial charge in [-0.3, -0.25) is 0 Å². The zero-order valence-electron chi connectivity index (χ0n) is 10.3. The Kier molecular flexibility index (Phi) is 4.63. The summed E-state index contributed by atoms with van der Waals surface area (Å²) in [5.41, 5.74) is 6.12. The Labute approximate surface area is 135 Å². The first-order chi connectivity index (χ1) is 9.20. The van der Waals surface area contributed by atoms with Crippen molar-refractivity contribution in [1.29, 1.82) is 0 Å². The monoisotopic (exact) mass is 427 g/mol. The Morgan fingerprint density at radius 2 is 1.80 bits per heavy atom. The molecule has 2 rings (SSSR count). The van der Waals surface area contributed by atoms with Crippen molar-refractivity contribution in [3.05, 3.63) is 54.1 Å². The van der Waals surface area contributed by atoms with Crippen molar-refractivity contribution in [3.8, 4) is 0 Å². The van der Waals surface area contributed by atoms with Crippen molar-refractivity contribution >= 4 is 43.2 Å². The zero-order valence-corrected chi connectivity index (χ0v) is 14.3. The van der Waals surface area contributed by atoms with Crippen LogP contribution < -0.4 is 5.73 Å². The van der Waals surface area contributed by atoms with E-state index < -0.39 is 17.8 Å². The third kappa shape index (κ3) is 3.27. The van der Waals surface area contributed by atoms with Crippen molar-refractivity contribution in [2.75, 3.05) is 0 Å². The Bertz CT molecular complexity index is 637. The molecule has 0 saturated carbocycles. The molecular weight excluding hydrogens is 419 g/mol. The second-order valence-electron chi connectivity index (χ2n) is 4.27. The van der Waals surface area contributed by atoms with Gasteiger partial charge in [0.05, 0.1) is 15.4 Å². The Hall–Kier alpha value is -0.370. The number of halogens is 5. The summed E-state index contributed by atoms with van der Waals surface area (Å²) >= 11 is 7.85. The predicted octanol–water partition coefficient (Wildman–Crippen LogP) is 5.65. The first kappa shape index (κ1) is 16.0. The number of aryl methyl sites for hydroxylation is 1. The zero-order chi connectivity index (χ0) is 15.1. The highest BCUT2D eigenvalue weighted by Gasteiger charge is 2.35. The lowest BCUT2D eigenvalue weighted by atomic mass is 9.95. The van der Waals surface area contributed by atoms with Crippen LogP contribution in [0.5, 0.6) is 0 Å². The van der Waals surface area contributed by atoms with Crippen LogP contribution in [0.25, 0.3) is 0 Å². The molecule has 0 radical (unpaired) electrons. The van der Waals surface area contributed by atoms with Crippen LogP contribution in [0, 0.1) is 6.92 Å². The molecule has 1 aromatic carbocycles. The molecule has 0 amide bonds. The minimum absolute atomic E-state index is 0.0779. The molecule has 1 nitrogen and oxygen atoms in total. The molecule has 20 heavy (non-hydrogen) atoms. The number of nitrogens with two attached hydrogens (primary N) is 1. The molecule has 108 valence electrons. The van der Waals surface area contributed by atoms with E-state index in [2.05, 4.69) is 31.9 Å². The lowest BCUT2D eigenvalue weighted by Crippen LogP contribution is -2.18. The van der Waals surface area contributed by atoms with Crippen molar-refractivity contribution in [3.63, 3.8) is 0 Å². The van der Waals surface area contributed by atoms with Gasteiger partial charge >= 0.3 is 6.18 Å². The average molecular weight is 429 g/mol. The maximum atomic E-state index is 13.1. The molecule has 7 heteroatoms. The van der Waals surface area contributed by atoms with Crippen LogP contribution in [0.1, 0.15) is 27.6 Å². The molecule has 1 aromatic heterocycles. The molecule has 2 aromatic rings. The lowest BCUT2D eigenvalue weighted by molar-refractivity contribution is -0.138. The molecule has 0 fully saturated rings. The SMILES string of the molecule is Cc1sc(Br)cc1C(N)c1ccc(Br)cc1C(F)(F)F. The van der Waals surface area contributed by atoms with Gasteiger partial charge in [0.1, 0.15) is 0 Å². The number of alkyl halides is 3. The van der Waals surface area contributed by atoms with Gasteiger partial charge in [-0.2, -0.15) is 13.2 Å². The topological polar surface area (TPSA) is 26.0 Å². The molecule has 1 heterocycles. The summed E-state index contributed by atoms with van der Waals surface area (Å²) in [6, 6.07) is 5.02. The van der Waals surface area contributed by atoms with E-state index in [1.807, 2.05) is 6.92 Å². The standard InChI is InChI=1S/C13H10Br2F3NS/c1-6-9(5-11(15)20-6)12(19)8-3-2-7(14)4-10(8)13(16,17)18/h2-5,12H,19H2,1H3. The molecule has 0 aliphatic carbocycles. The number of hydrogen-bond acceptors (Lipinski definition) is 2. The average Bonchev–Trinajstić information content (AvgIpc) is 2.66. The van der Waals surface area contributed by atoms with Gasteiger partial charge in [0.25, 0.3) is 0 Å². The second-order valence-corrected chi connectivity index (χ2v) is 7.82. The molecule has 1 unspecified atom stereocenters. The van der Waals surface area contributed by atoms with Crippen molar-refractivity contribution in [2.24, 2.45) is 5.73 Å². The molecule has 0 saturated heterocycles. The normalized spacial score (nSPS) is 13.6.